The monoisotopic (exact) mass is 734 g/mol. The summed E-state index contributed by atoms with van der Waals surface area (Å²) in [6, 6.07) is 14.9. The largest absolute Gasteiger partial charge is 0.490 e. The molecule has 0 bridgehead atoms. The third-order valence-corrected chi connectivity index (χ3v) is 9.89. The number of hydrogen-bond donors (Lipinski definition) is 2. The van der Waals surface area contributed by atoms with Crippen molar-refractivity contribution in [1.29, 1.82) is 0 Å². The first kappa shape index (κ1) is 35.7. The van der Waals surface area contributed by atoms with Crippen molar-refractivity contribution in [3.8, 4) is 16.9 Å². The van der Waals surface area contributed by atoms with Crippen molar-refractivity contribution >= 4 is 52.8 Å². The Hall–Kier alpha value is -5.07. The minimum atomic E-state index is -1.12. The van der Waals surface area contributed by atoms with Gasteiger partial charge in [-0.1, -0.05) is 41.4 Å². The van der Waals surface area contributed by atoms with Crippen LogP contribution in [0.2, 0.25) is 10.0 Å². The number of nitrogens with one attached hydrogen (secondary N) is 1. The molecule has 12 nitrogen and oxygen atoms in total. The Morgan fingerprint density at radius 1 is 1.06 bits per heavy atom. The molecular weight excluding hydrogens is 699 g/mol. The number of carbonyl (C=O) groups excluding carboxylic acids is 3. The van der Waals surface area contributed by atoms with Gasteiger partial charge < -0.3 is 24.6 Å². The van der Waals surface area contributed by atoms with Gasteiger partial charge in [0, 0.05) is 45.9 Å². The molecule has 2 aliphatic rings. The predicted octanol–water partition coefficient (Wildman–Crippen LogP) is 6.49. The molecular formula is C37H36Cl2N4O8. The summed E-state index contributed by atoms with van der Waals surface area (Å²) in [5.41, 5.74) is 5.40. The number of methoxy groups -OCH3 is 1. The number of rotatable bonds is 13. The Morgan fingerprint density at radius 3 is 2.65 bits per heavy atom. The first-order valence-electron chi connectivity index (χ1n) is 16.4. The van der Waals surface area contributed by atoms with E-state index in [-0.39, 0.29) is 38.2 Å². The van der Waals surface area contributed by atoms with E-state index in [9.17, 15) is 19.2 Å². The van der Waals surface area contributed by atoms with E-state index in [4.69, 9.17) is 42.5 Å². The minimum absolute atomic E-state index is 0.0825. The Bertz CT molecular complexity index is 1980. The van der Waals surface area contributed by atoms with E-state index >= 15 is 0 Å². The second-order valence-electron chi connectivity index (χ2n) is 12.5. The lowest BCUT2D eigenvalue weighted by Gasteiger charge is -2.29. The molecule has 0 radical (unpaired) electrons. The third-order valence-electron chi connectivity index (χ3n) is 9.11. The van der Waals surface area contributed by atoms with Crippen LogP contribution in [0.5, 0.6) is 5.75 Å². The second kappa shape index (κ2) is 15.4. The smallest absolute Gasteiger partial charge is 0.414 e. The summed E-state index contributed by atoms with van der Waals surface area (Å²) >= 11 is 12.7. The van der Waals surface area contributed by atoms with Crippen LogP contribution in [0.25, 0.3) is 11.1 Å². The highest BCUT2D eigenvalue weighted by atomic mass is 35.5. The maximum absolute atomic E-state index is 13.3. The Balaban J connectivity index is 1.14. The van der Waals surface area contributed by atoms with Gasteiger partial charge in [-0.25, -0.2) is 9.59 Å². The van der Waals surface area contributed by atoms with Crippen LogP contribution in [0.1, 0.15) is 52.2 Å². The lowest BCUT2D eigenvalue weighted by molar-refractivity contribution is -0.143. The summed E-state index contributed by atoms with van der Waals surface area (Å²) in [6.45, 7) is 2.97. The molecule has 14 heteroatoms. The number of aromatic nitrogens is 2. The van der Waals surface area contributed by atoms with Crippen molar-refractivity contribution in [2.45, 2.75) is 44.7 Å². The maximum atomic E-state index is 13.3. The molecule has 2 heterocycles. The zero-order valence-corrected chi connectivity index (χ0v) is 29.4. The molecule has 1 fully saturated rings. The Kier molecular flexibility index (Phi) is 10.8. The molecule has 3 atom stereocenters. The number of nitrogens with zero attached hydrogens (tertiary/aromatic N) is 3. The van der Waals surface area contributed by atoms with E-state index in [1.165, 1.54) is 13.2 Å². The van der Waals surface area contributed by atoms with Gasteiger partial charge in [-0.3, -0.25) is 19.2 Å². The van der Waals surface area contributed by atoms with E-state index in [0.717, 1.165) is 34.4 Å². The van der Waals surface area contributed by atoms with Gasteiger partial charge in [0.05, 0.1) is 25.5 Å². The van der Waals surface area contributed by atoms with Gasteiger partial charge in [-0.15, -0.1) is 0 Å². The van der Waals surface area contributed by atoms with Gasteiger partial charge in [0.15, 0.2) is 0 Å². The van der Waals surface area contributed by atoms with Gasteiger partial charge in [0.1, 0.15) is 25.0 Å². The molecule has 1 aromatic heterocycles. The number of anilines is 1. The number of fused-ring (bicyclic) bond motifs is 3. The fourth-order valence-electron chi connectivity index (χ4n) is 6.34. The van der Waals surface area contributed by atoms with E-state index in [1.807, 2.05) is 43.5 Å². The average molecular weight is 736 g/mol. The highest BCUT2D eigenvalue weighted by molar-refractivity contribution is 6.31. The SMILES string of the molecule is COC(=O)[C@@H](CCC(=O)O)NC(=O)c1ccc(Cl)c(Cn2cc(-c3cccc4c3[C@H]3C[C@H]3CN4C(=O)OCCOc3cccc(Cl)c3C)cn2)c1. The topological polar surface area (TPSA) is 149 Å². The third kappa shape index (κ3) is 8.13. The molecule has 2 N–H and O–H groups in total. The molecule has 1 saturated carbocycles. The average Bonchev–Trinajstić information content (AvgIpc) is 3.77. The predicted molar refractivity (Wildman–Crippen MR) is 190 cm³/mol. The summed E-state index contributed by atoms with van der Waals surface area (Å²) in [5, 5.41) is 17.2. The Morgan fingerprint density at radius 2 is 1.86 bits per heavy atom. The maximum Gasteiger partial charge on any atom is 0.414 e. The van der Waals surface area contributed by atoms with Crippen molar-refractivity contribution in [1.82, 2.24) is 15.1 Å². The van der Waals surface area contributed by atoms with Crippen LogP contribution in [0, 0.1) is 12.8 Å². The molecule has 0 spiro atoms. The molecule has 51 heavy (non-hydrogen) atoms. The van der Waals surface area contributed by atoms with Crippen LogP contribution in [-0.4, -0.2) is 71.7 Å². The molecule has 2 amide bonds. The molecule has 1 aliphatic heterocycles. The van der Waals surface area contributed by atoms with E-state index in [0.29, 0.717) is 39.7 Å². The first-order chi connectivity index (χ1) is 24.5. The van der Waals surface area contributed by atoms with Crippen LogP contribution in [0.4, 0.5) is 10.5 Å². The quantitative estimate of drug-likeness (QED) is 0.116. The fourth-order valence-corrected chi connectivity index (χ4v) is 6.69. The number of carbonyl (C=O) groups is 4. The molecule has 6 rings (SSSR count). The molecule has 3 aromatic carbocycles. The van der Waals surface area contributed by atoms with Crippen LogP contribution in [-0.2, 0) is 25.6 Å². The van der Waals surface area contributed by atoms with Crippen molar-refractivity contribution < 1.29 is 38.5 Å². The standard InChI is InChI=1S/C37H36Cl2N4O8/c1-21-28(38)6-4-8-32(21)50-13-14-51-37(48)43-20-23-16-27(23)34-26(5-3-7-31(34)43)25-17-40-42(19-25)18-24-15-22(9-10-29(24)39)35(46)41-30(36(47)49-2)11-12-33(44)45/h3-10,15,17,19,23,27,30H,11-14,16,18,20H2,1-2H3,(H,41,46)(H,44,45)/t23-,27-,30+/m0/s1. The van der Waals surface area contributed by atoms with Crippen LogP contribution in [0.15, 0.2) is 67.0 Å². The van der Waals surface area contributed by atoms with Gasteiger partial charge >= 0.3 is 18.0 Å². The number of benzene rings is 3. The highest BCUT2D eigenvalue weighted by Crippen LogP contribution is 2.57. The number of carboxylic acids is 1. The summed E-state index contributed by atoms with van der Waals surface area (Å²) in [5.74, 6) is -1.10. The fraction of sp³-hybridized carbons (Fsp3) is 0.324. The van der Waals surface area contributed by atoms with Crippen molar-refractivity contribution in [3.63, 3.8) is 0 Å². The van der Waals surface area contributed by atoms with Gasteiger partial charge in [-0.05, 0) is 84.7 Å². The summed E-state index contributed by atoms with van der Waals surface area (Å²) in [6.07, 6.45) is 3.75. The van der Waals surface area contributed by atoms with E-state index in [2.05, 4.69) is 10.4 Å². The highest BCUT2D eigenvalue weighted by Gasteiger charge is 2.48. The van der Waals surface area contributed by atoms with E-state index < -0.39 is 30.0 Å². The van der Waals surface area contributed by atoms with Crippen molar-refractivity contribution in [2.24, 2.45) is 5.92 Å². The number of aliphatic carboxylic acids is 1. The molecule has 0 unspecified atom stereocenters. The summed E-state index contributed by atoms with van der Waals surface area (Å²) in [7, 11) is 1.17. The van der Waals surface area contributed by atoms with Gasteiger partial charge in [-0.2, -0.15) is 5.10 Å². The molecule has 0 saturated heterocycles. The molecule has 4 aromatic rings. The Labute approximate surface area is 304 Å². The zero-order chi connectivity index (χ0) is 36.2. The molecule has 266 valence electrons. The zero-order valence-electron chi connectivity index (χ0n) is 27.9. The summed E-state index contributed by atoms with van der Waals surface area (Å²) < 4.78 is 17.9. The number of esters is 1. The van der Waals surface area contributed by atoms with Crippen LogP contribution >= 0.6 is 23.2 Å². The van der Waals surface area contributed by atoms with E-state index in [1.54, 1.807) is 34.0 Å². The van der Waals surface area contributed by atoms with Gasteiger partial charge in [0.2, 0.25) is 0 Å². The number of hydrogen-bond acceptors (Lipinski definition) is 8. The lowest BCUT2D eigenvalue weighted by Crippen LogP contribution is -2.41. The number of amides is 2. The van der Waals surface area contributed by atoms with Crippen LogP contribution < -0.4 is 15.0 Å². The number of ether oxygens (including phenoxy) is 3. The number of carboxylic acid groups (broad SMARTS) is 1. The molecule has 1 aliphatic carbocycles. The second-order valence-corrected chi connectivity index (χ2v) is 13.3. The first-order valence-corrected chi connectivity index (χ1v) is 17.2. The van der Waals surface area contributed by atoms with Crippen LogP contribution in [0.3, 0.4) is 0 Å². The van der Waals surface area contributed by atoms with Gasteiger partial charge in [0.25, 0.3) is 5.91 Å². The normalized spacial score (nSPS) is 16.4. The van der Waals surface area contributed by atoms with Crippen molar-refractivity contribution in [2.75, 3.05) is 31.8 Å². The lowest BCUT2D eigenvalue weighted by atomic mass is 9.93. The minimum Gasteiger partial charge on any atom is -0.490 e. The number of halogens is 2. The van der Waals surface area contributed by atoms with Crippen molar-refractivity contribution in [3.05, 3.63) is 99.3 Å². The summed E-state index contributed by atoms with van der Waals surface area (Å²) in [4.78, 5) is 51.2.